The Morgan fingerprint density at radius 2 is 1.97 bits per heavy atom. The van der Waals surface area contributed by atoms with Gasteiger partial charge in [0.2, 0.25) is 5.91 Å². The van der Waals surface area contributed by atoms with Crippen molar-refractivity contribution in [2.24, 2.45) is 5.92 Å². The first-order valence-corrected chi connectivity index (χ1v) is 11.1. The van der Waals surface area contributed by atoms with Crippen LogP contribution in [0.3, 0.4) is 0 Å². The van der Waals surface area contributed by atoms with Crippen LogP contribution in [0.15, 0.2) is 53.9 Å². The number of rotatable bonds is 10. The number of unbranched alkanes of at least 4 members (excludes halogenated alkanes) is 2. The minimum Gasteiger partial charge on any atom is -0.466 e. The van der Waals surface area contributed by atoms with Gasteiger partial charge in [0.25, 0.3) is 0 Å². The third-order valence-corrected chi connectivity index (χ3v) is 5.58. The lowest BCUT2D eigenvalue weighted by Gasteiger charge is -2.16. The van der Waals surface area contributed by atoms with Crippen LogP contribution in [-0.4, -0.2) is 24.0 Å². The van der Waals surface area contributed by atoms with Crippen molar-refractivity contribution in [3.8, 4) is 17.3 Å². The van der Waals surface area contributed by atoms with Gasteiger partial charge in [-0.15, -0.1) is 0 Å². The first kappa shape index (κ1) is 23.2. The van der Waals surface area contributed by atoms with Crippen LogP contribution in [-0.2, 0) is 20.7 Å². The molecule has 0 bridgehead atoms. The van der Waals surface area contributed by atoms with Crippen molar-refractivity contribution in [1.29, 1.82) is 5.26 Å². The van der Waals surface area contributed by atoms with Gasteiger partial charge < -0.3 is 10.1 Å². The van der Waals surface area contributed by atoms with Crippen LogP contribution < -0.4 is 5.32 Å². The Hall–Kier alpha value is -3.46. The molecule has 1 aliphatic carbocycles. The quantitative estimate of drug-likeness (QED) is 0.334. The van der Waals surface area contributed by atoms with Crippen LogP contribution in [0.1, 0.15) is 56.6 Å². The number of benzene rings is 1. The second kappa shape index (κ2) is 11.2. The first-order valence-electron chi connectivity index (χ1n) is 11.1. The molecule has 3 rings (SSSR count). The Morgan fingerprint density at radius 3 is 2.59 bits per heavy atom. The third-order valence-electron chi connectivity index (χ3n) is 5.58. The Morgan fingerprint density at radius 1 is 1.19 bits per heavy atom. The van der Waals surface area contributed by atoms with Crippen LogP contribution in [0.4, 0.5) is 0 Å². The van der Waals surface area contributed by atoms with E-state index in [0.717, 1.165) is 43.2 Å². The third kappa shape index (κ3) is 6.04. The summed E-state index contributed by atoms with van der Waals surface area (Å²) in [7, 11) is 1.36. The number of aromatic nitrogens is 1. The molecule has 1 fully saturated rings. The molecule has 1 amide bonds. The normalized spacial score (nSPS) is 13.7. The number of esters is 1. The smallest absolute Gasteiger partial charge is 0.335 e. The minimum atomic E-state index is -0.438. The van der Waals surface area contributed by atoms with Crippen molar-refractivity contribution in [3.05, 3.63) is 65.0 Å². The predicted molar refractivity (Wildman–Crippen MR) is 122 cm³/mol. The lowest BCUT2D eigenvalue weighted by molar-refractivity contribution is -0.136. The Labute approximate surface area is 189 Å². The summed E-state index contributed by atoms with van der Waals surface area (Å²) in [6.07, 6.45) is 7.40. The molecule has 1 aromatic carbocycles. The average molecular weight is 432 g/mol. The zero-order chi connectivity index (χ0) is 22.9. The number of hydrogen-bond donors (Lipinski definition) is 1. The van der Waals surface area contributed by atoms with Gasteiger partial charge in [0.05, 0.1) is 30.0 Å². The highest BCUT2D eigenvalue weighted by molar-refractivity contribution is 5.91. The van der Waals surface area contributed by atoms with E-state index in [0.29, 0.717) is 35.4 Å². The summed E-state index contributed by atoms with van der Waals surface area (Å²) < 4.78 is 5.05. The molecule has 1 aromatic heterocycles. The second-order valence-corrected chi connectivity index (χ2v) is 8.06. The van der Waals surface area contributed by atoms with E-state index in [1.165, 1.54) is 7.11 Å². The molecule has 0 spiro atoms. The number of amides is 1. The van der Waals surface area contributed by atoms with Crippen LogP contribution in [0.5, 0.6) is 0 Å². The van der Waals surface area contributed by atoms with Gasteiger partial charge in [-0.05, 0) is 43.4 Å². The molecular formula is C26H29N3O3. The molecule has 166 valence electrons. The molecule has 0 unspecified atom stereocenters. The number of pyridine rings is 1. The molecule has 0 atom stereocenters. The van der Waals surface area contributed by atoms with Gasteiger partial charge in [0.1, 0.15) is 0 Å². The minimum absolute atomic E-state index is 0.0144. The van der Waals surface area contributed by atoms with Crippen molar-refractivity contribution in [1.82, 2.24) is 10.3 Å². The number of ether oxygens (including phenoxy) is 1. The van der Waals surface area contributed by atoms with Crippen LogP contribution in [0.2, 0.25) is 0 Å². The number of methoxy groups -OCH3 is 1. The number of carbonyl (C=O) groups excluding carboxylic acids is 2. The monoisotopic (exact) mass is 431 g/mol. The second-order valence-electron chi connectivity index (χ2n) is 8.06. The standard InChI is InChI=1S/C26H29N3O3/c1-3-4-5-10-24(29-25(30)19-12-13-19)22(26(31)32-2)15-18-11-14-23(28-17-18)21-9-7-6-8-20(21)16-27/h6-9,11,14,17,19H,3-5,10,12-13,15H2,1-2H3,(H,29,30)/b24-22-. The van der Waals surface area contributed by atoms with Gasteiger partial charge in [-0.1, -0.05) is 44.0 Å². The Bertz CT molecular complexity index is 1030. The molecule has 2 aromatic rings. The van der Waals surface area contributed by atoms with Crippen LogP contribution >= 0.6 is 0 Å². The topological polar surface area (TPSA) is 92.1 Å². The molecule has 0 aliphatic heterocycles. The van der Waals surface area contributed by atoms with E-state index in [4.69, 9.17) is 4.74 Å². The van der Waals surface area contributed by atoms with E-state index in [1.54, 1.807) is 12.3 Å². The van der Waals surface area contributed by atoms with Crippen molar-refractivity contribution in [3.63, 3.8) is 0 Å². The van der Waals surface area contributed by atoms with E-state index in [-0.39, 0.29) is 11.8 Å². The van der Waals surface area contributed by atoms with E-state index in [1.807, 2.05) is 30.3 Å². The molecule has 0 radical (unpaired) electrons. The molecule has 1 heterocycles. The summed E-state index contributed by atoms with van der Waals surface area (Å²) in [5, 5.41) is 12.3. The lowest BCUT2D eigenvalue weighted by Crippen LogP contribution is -2.28. The fraction of sp³-hybridized carbons (Fsp3) is 0.385. The average Bonchev–Trinajstić information content (AvgIpc) is 3.68. The maximum absolute atomic E-state index is 12.6. The highest BCUT2D eigenvalue weighted by atomic mass is 16.5. The van der Waals surface area contributed by atoms with Crippen molar-refractivity contribution in [2.45, 2.75) is 51.9 Å². The fourth-order valence-electron chi connectivity index (χ4n) is 3.56. The number of allylic oxidation sites excluding steroid dienone is 1. The molecule has 1 saturated carbocycles. The summed E-state index contributed by atoms with van der Waals surface area (Å²) in [5.74, 6) is -0.401. The van der Waals surface area contributed by atoms with E-state index >= 15 is 0 Å². The van der Waals surface area contributed by atoms with E-state index in [9.17, 15) is 14.9 Å². The zero-order valence-electron chi connectivity index (χ0n) is 18.7. The zero-order valence-corrected chi connectivity index (χ0v) is 18.7. The molecule has 1 aliphatic rings. The number of hydrogen-bond acceptors (Lipinski definition) is 5. The predicted octanol–water partition coefficient (Wildman–Crippen LogP) is 4.70. The summed E-state index contributed by atoms with van der Waals surface area (Å²) >= 11 is 0. The molecule has 1 N–H and O–H groups in total. The lowest BCUT2D eigenvalue weighted by atomic mass is 9.99. The highest BCUT2D eigenvalue weighted by Crippen LogP contribution is 2.30. The van der Waals surface area contributed by atoms with Gasteiger partial charge in [0, 0.05) is 29.8 Å². The van der Waals surface area contributed by atoms with Crippen molar-refractivity contribution in [2.75, 3.05) is 7.11 Å². The molecule has 32 heavy (non-hydrogen) atoms. The largest absolute Gasteiger partial charge is 0.466 e. The number of carbonyl (C=O) groups is 2. The Balaban J connectivity index is 1.87. The van der Waals surface area contributed by atoms with Crippen molar-refractivity contribution >= 4 is 11.9 Å². The fourth-order valence-corrected chi connectivity index (χ4v) is 3.56. The van der Waals surface area contributed by atoms with Gasteiger partial charge in [-0.2, -0.15) is 5.26 Å². The number of nitriles is 1. The van der Waals surface area contributed by atoms with Crippen LogP contribution in [0.25, 0.3) is 11.3 Å². The SMILES string of the molecule is CCCCC/C(NC(=O)C1CC1)=C(\Cc1ccc(-c2ccccc2C#N)nc1)C(=O)OC. The Kier molecular flexibility index (Phi) is 8.15. The highest BCUT2D eigenvalue weighted by Gasteiger charge is 2.31. The van der Waals surface area contributed by atoms with Crippen molar-refractivity contribution < 1.29 is 14.3 Å². The number of nitrogens with one attached hydrogen (secondary N) is 1. The number of nitrogens with zero attached hydrogens (tertiary/aromatic N) is 2. The summed E-state index contributed by atoms with van der Waals surface area (Å²) in [5.41, 5.74) is 3.97. The molecule has 6 heteroatoms. The van der Waals surface area contributed by atoms with Crippen LogP contribution in [0, 0.1) is 17.2 Å². The molecular weight excluding hydrogens is 402 g/mol. The van der Waals surface area contributed by atoms with E-state index < -0.39 is 5.97 Å². The maximum atomic E-state index is 12.6. The van der Waals surface area contributed by atoms with Gasteiger partial charge in [-0.3, -0.25) is 9.78 Å². The summed E-state index contributed by atoms with van der Waals surface area (Å²) in [6.45, 7) is 2.12. The molecule has 6 nitrogen and oxygen atoms in total. The summed E-state index contributed by atoms with van der Waals surface area (Å²) in [6, 6.07) is 13.2. The van der Waals surface area contributed by atoms with E-state index in [2.05, 4.69) is 23.3 Å². The molecule has 0 saturated heterocycles. The van der Waals surface area contributed by atoms with Gasteiger partial charge >= 0.3 is 5.97 Å². The van der Waals surface area contributed by atoms with Gasteiger partial charge in [-0.25, -0.2) is 4.79 Å². The summed E-state index contributed by atoms with van der Waals surface area (Å²) in [4.78, 5) is 29.6. The maximum Gasteiger partial charge on any atom is 0.335 e. The first-order chi connectivity index (χ1) is 15.6. The van der Waals surface area contributed by atoms with Gasteiger partial charge in [0.15, 0.2) is 0 Å².